The minimum Gasteiger partial charge on any atom is -0.216 e. The summed E-state index contributed by atoms with van der Waals surface area (Å²) in [5, 5.41) is 5.24. The van der Waals surface area contributed by atoms with E-state index in [1.165, 1.54) is 12.1 Å². The number of hydrogen-bond donors (Lipinski definition) is 2. The summed E-state index contributed by atoms with van der Waals surface area (Å²) in [5.41, 5.74) is 0.962. The molecule has 3 N–H and O–H groups in total. The quantitative estimate of drug-likeness (QED) is 0.844. The van der Waals surface area contributed by atoms with E-state index in [1.54, 1.807) is 0 Å². The van der Waals surface area contributed by atoms with Crippen LogP contribution in [-0.4, -0.2) is 8.42 Å². The molecule has 1 atom stereocenters. The van der Waals surface area contributed by atoms with Gasteiger partial charge in [0.1, 0.15) is 5.82 Å². The van der Waals surface area contributed by atoms with Crippen LogP contribution in [0.25, 0.3) is 0 Å². The molecule has 0 spiro atoms. The van der Waals surface area contributed by atoms with Crippen molar-refractivity contribution < 1.29 is 12.8 Å². The van der Waals surface area contributed by atoms with Gasteiger partial charge >= 0.3 is 0 Å². The van der Waals surface area contributed by atoms with E-state index >= 15 is 0 Å². The van der Waals surface area contributed by atoms with Crippen LogP contribution in [0.2, 0.25) is 5.02 Å². The summed E-state index contributed by atoms with van der Waals surface area (Å²) in [5.74, 6) is -0.363. The van der Waals surface area contributed by atoms with E-state index in [-0.39, 0.29) is 5.82 Å². The van der Waals surface area contributed by atoms with Gasteiger partial charge in [0.25, 0.3) is 10.2 Å². The Morgan fingerprint density at radius 1 is 1.50 bits per heavy atom. The van der Waals surface area contributed by atoms with Gasteiger partial charge in [-0.15, -0.1) is 0 Å². The van der Waals surface area contributed by atoms with E-state index in [4.69, 9.17) is 16.7 Å². The molecular weight excluding hydrogens is 255 g/mol. The molecule has 0 aliphatic heterocycles. The molecular formula is C9H10ClFN2O2S. The third kappa shape index (κ3) is 2.20. The van der Waals surface area contributed by atoms with Gasteiger partial charge in [0.2, 0.25) is 0 Å². The molecule has 1 aliphatic carbocycles. The van der Waals surface area contributed by atoms with Crippen molar-refractivity contribution in [2.24, 2.45) is 5.14 Å². The molecule has 0 heterocycles. The van der Waals surface area contributed by atoms with Crippen LogP contribution in [0.3, 0.4) is 0 Å². The fourth-order valence-corrected chi connectivity index (χ4v) is 2.93. The summed E-state index contributed by atoms with van der Waals surface area (Å²) >= 11 is 5.92. The van der Waals surface area contributed by atoms with Crippen molar-refractivity contribution in [1.29, 1.82) is 0 Å². The third-order valence-corrected chi connectivity index (χ3v) is 3.53. The molecule has 0 saturated carbocycles. The second-order valence-corrected chi connectivity index (χ2v) is 5.41. The zero-order chi connectivity index (χ0) is 11.9. The van der Waals surface area contributed by atoms with Crippen molar-refractivity contribution in [3.8, 4) is 0 Å². The highest BCUT2D eigenvalue weighted by Gasteiger charge is 2.29. The number of halogens is 2. The fourth-order valence-electron chi connectivity index (χ4n) is 1.99. The van der Waals surface area contributed by atoms with E-state index in [0.29, 0.717) is 29.0 Å². The number of rotatable bonds is 2. The zero-order valence-corrected chi connectivity index (χ0v) is 9.78. The monoisotopic (exact) mass is 264 g/mol. The highest BCUT2D eigenvalue weighted by molar-refractivity contribution is 7.87. The van der Waals surface area contributed by atoms with Gasteiger partial charge in [-0.1, -0.05) is 11.6 Å². The predicted octanol–water partition coefficient (Wildman–Crippen LogP) is 1.26. The Hall–Kier alpha value is -0.690. The van der Waals surface area contributed by atoms with E-state index in [2.05, 4.69) is 4.72 Å². The first-order chi connectivity index (χ1) is 7.38. The van der Waals surface area contributed by atoms with Crippen molar-refractivity contribution in [2.75, 3.05) is 0 Å². The SMILES string of the molecule is NS(=O)(=O)N[C@H]1CCc2c(F)ccc(Cl)c21. The van der Waals surface area contributed by atoms with Crippen molar-refractivity contribution >= 4 is 21.8 Å². The molecule has 16 heavy (non-hydrogen) atoms. The van der Waals surface area contributed by atoms with Crippen LogP contribution in [-0.2, 0) is 16.6 Å². The van der Waals surface area contributed by atoms with Gasteiger partial charge in [-0.25, -0.2) is 9.53 Å². The van der Waals surface area contributed by atoms with Crippen molar-refractivity contribution in [3.63, 3.8) is 0 Å². The molecule has 2 rings (SSSR count). The Labute approximate surface area is 97.8 Å². The van der Waals surface area contributed by atoms with Crippen molar-refractivity contribution in [1.82, 2.24) is 4.72 Å². The van der Waals surface area contributed by atoms with Crippen LogP contribution in [0, 0.1) is 5.82 Å². The number of benzene rings is 1. The first-order valence-electron chi connectivity index (χ1n) is 4.65. The Bertz CT molecular complexity index is 533. The molecule has 1 aromatic rings. The van der Waals surface area contributed by atoms with Crippen LogP contribution in [0.1, 0.15) is 23.6 Å². The Kier molecular flexibility index (Phi) is 2.91. The van der Waals surface area contributed by atoms with Gasteiger partial charge in [0, 0.05) is 5.02 Å². The van der Waals surface area contributed by atoms with Gasteiger partial charge in [0.15, 0.2) is 0 Å². The number of fused-ring (bicyclic) bond motifs is 1. The number of hydrogen-bond acceptors (Lipinski definition) is 2. The molecule has 4 nitrogen and oxygen atoms in total. The van der Waals surface area contributed by atoms with E-state index < -0.39 is 16.3 Å². The molecule has 0 saturated heterocycles. The molecule has 88 valence electrons. The maximum absolute atomic E-state index is 13.4. The molecule has 0 bridgehead atoms. The lowest BCUT2D eigenvalue weighted by Gasteiger charge is -2.13. The average molecular weight is 265 g/mol. The van der Waals surface area contributed by atoms with E-state index in [9.17, 15) is 12.8 Å². The van der Waals surface area contributed by atoms with Crippen LogP contribution < -0.4 is 9.86 Å². The van der Waals surface area contributed by atoms with Gasteiger partial charge in [-0.05, 0) is 36.1 Å². The predicted molar refractivity (Wildman–Crippen MR) is 58.7 cm³/mol. The Morgan fingerprint density at radius 3 is 2.81 bits per heavy atom. The summed E-state index contributed by atoms with van der Waals surface area (Å²) in [6, 6.07) is 2.16. The Morgan fingerprint density at radius 2 is 2.19 bits per heavy atom. The largest absolute Gasteiger partial charge is 0.274 e. The first kappa shape index (κ1) is 11.8. The minimum atomic E-state index is -3.81. The molecule has 1 aromatic carbocycles. The normalized spacial score (nSPS) is 19.8. The molecule has 0 fully saturated rings. The van der Waals surface area contributed by atoms with Crippen LogP contribution >= 0.6 is 11.6 Å². The van der Waals surface area contributed by atoms with Gasteiger partial charge in [-0.2, -0.15) is 13.1 Å². The topological polar surface area (TPSA) is 72.2 Å². The fraction of sp³-hybridized carbons (Fsp3) is 0.333. The highest BCUT2D eigenvalue weighted by Crippen LogP contribution is 2.37. The molecule has 0 aromatic heterocycles. The van der Waals surface area contributed by atoms with E-state index in [1.807, 2.05) is 0 Å². The van der Waals surface area contributed by atoms with Crippen molar-refractivity contribution in [3.05, 3.63) is 34.1 Å². The zero-order valence-electron chi connectivity index (χ0n) is 8.20. The molecule has 0 amide bonds. The summed E-state index contributed by atoms with van der Waals surface area (Å²) in [6.45, 7) is 0. The maximum atomic E-state index is 13.4. The lowest BCUT2D eigenvalue weighted by atomic mass is 10.1. The number of nitrogens with one attached hydrogen (secondary N) is 1. The second kappa shape index (κ2) is 3.96. The molecule has 0 unspecified atom stereocenters. The first-order valence-corrected chi connectivity index (χ1v) is 6.58. The van der Waals surface area contributed by atoms with Crippen LogP contribution in [0.15, 0.2) is 12.1 Å². The summed E-state index contributed by atoms with van der Waals surface area (Å²) < 4.78 is 37.5. The lowest BCUT2D eigenvalue weighted by molar-refractivity contribution is 0.556. The van der Waals surface area contributed by atoms with Gasteiger partial charge in [-0.3, -0.25) is 0 Å². The third-order valence-electron chi connectivity index (χ3n) is 2.58. The van der Waals surface area contributed by atoms with Crippen LogP contribution in [0.5, 0.6) is 0 Å². The lowest BCUT2D eigenvalue weighted by Crippen LogP contribution is -2.33. The number of nitrogens with two attached hydrogens (primary N) is 1. The molecule has 7 heteroatoms. The maximum Gasteiger partial charge on any atom is 0.274 e. The summed E-state index contributed by atoms with van der Waals surface area (Å²) in [7, 11) is -3.81. The second-order valence-electron chi connectivity index (χ2n) is 3.68. The van der Waals surface area contributed by atoms with Crippen molar-refractivity contribution in [2.45, 2.75) is 18.9 Å². The smallest absolute Gasteiger partial charge is 0.216 e. The Balaban J connectivity index is 2.43. The standard InChI is InChI=1S/C9H10ClFN2O2S/c10-6-2-3-7(11)5-1-4-8(9(5)6)13-16(12,14)15/h2-3,8,13H,1,4H2,(H2,12,14,15)/t8-/m0/s1. The van der Waals surface area contributed by atoms with Gasteiger partial charge in [0.05, 0.1) is 6.04 Å². The highest BCUT2D eigenvalue weighted by atomic mass is 35.5. The minimum absolute atomic E-state index is 0.357. The van der Waals surface area contributed by atoms with E-state index in [0.717, 1.165) is 0 Å². The summed E-state index contributed by atoms with van der Waals surface area (Å²) in [6.07, 6.45) is 0.918. The van der Waals surface area contributed by atoms with Crippen LogP contribution in [0.4, 0.5) is 4.39 Å². The molecule has 0 radical (unpaired) electrons. The molecule has 1 aliphatic rings. The average Bonchev–Trinajstić information content (AvgIpc) is 2.54. The summed E-state index contributed by atoms with van der Waals surface area (Å²) in [4.78, 5) is 0. The van der Waals surface area contributed by atoms with Gasteiger partial charge < -0.3 is 0 Å².